The van der Waals surface area contributed by atoms with E-state index in [1.165, 1.54) is 32.5 Å². The van der Waals surface area contributed by atoms with E-state index in [1.807, 2.05) is 0 Å². The number of hydrogen-bond acceptors (Lipinski definition) is 2. The highest BCUT2D eigenvalue weighted by atomic mass is 15.1. The molecule has 1 aliphatic heterocycles. The van der Waals surface area contributed by atoms with Gasteiger partial charge in [-0.2, -0.15) is 0 Å². The minimum atomic E-state index is 0.785. The first-order valence-corrected chi connectivity index (χ1v) is 4.84. The predicted octanol–water partition coefficient (Wildman–Crippen LogP) is 0.594. The molecule has 0 aromatic carbocycles. The van der Waals surface area contributed by atoms with Crippen LogP contribution in [0, 0.1) is 11.8 Å². The second-order valence-electron chi connectivity index (χ2n) is 3.93. The van der Waals surface area contributed by atoms with Gasteiger partial charge >= 0.3 is 0 Å². The summed E-state index contributed by atoms with van der Waals surface area (Å²) in [7, 11) is 0. The molecule has 0 bridgehead atoms. The summed E-state index contributed by atoms with van der Waals surface area (Å²) in [5.74, 6) is 2.07. The molecular weight excluding hydrogens is 136 g/mol. The minimum absolute atomic E-state index is 0.785. The third-order valence-electron chi connectivity index (χ3n) is 3.04. The Kier molecular flexibility index (Phi) is 2.14. The summed E-state index contributed by atoms with van der Waals surface area (Å²) in [5.41, 5.74) is 0. The van der Waals surface area contributed by atoms with Gasteiger partial charge in [-0.3, -0.25) is 0 Å². The second kappa shape index (κ2) is 3.11. The van der Waals surface area contributed by atoms with E-state index in [1.54, 1.807) is 0 Å². The van der Waals surface area contributed by atoms with Crippen molar-refractivity contribution in [2.45, 2.75) is 25.8 Å². The smallest absolute Gasteiger partial charge is 0.0317 e. The fraction of sp³-hybridized carbons (Fsp3) is 1.00. The van der Waals surface area contributed by atoms with Crippen molar-refractivity contribution in [2.24, 2.45) is 11.8 Å². The van der Waals surface area contributed by atoms with Crippen molar-refractivity contribution in [3.63, 3.8) is 0 Å². The number of nitrogens with one attached hydrogen (secondary N) is 2. The van der Waals surface area contributed by atoms with Crippen LogP contribution in [0.15, 0.2) is 0 Å². The molecule has 0 radical (unpaired) electrons. The van der Waals surface area contributed by atoms with E-state index in [0.717, 1.165) is 17.9 Å². The molecule has 1 saturated carbocycles. The molecule has 0 spiro atoms. The van der Waals surface area contributed by atoms with E-state index in [4.69, 9.17) is 0 Å². The Bertz CT molecular complexity index is 132. The fourth-order valence-electron chi connectivity index (χ4n) is 1.81. The van der Waals surface area contributed by atoms with E-state index in [9.17, 15) is 0 Å². The van der Waals surface area contributed by atoms with Gasteiger partial charge < -0.3 is 10.6 Å². The minimum Gasteiger partial charge on any atom is -0.314 e. The van der Waals surface area contributed by atoms with E-state index in [2.05, 4.69) is 17.6 Å². The van der Waals surface area contributed by atoms with Crippen LogP contribution in [0.1, 0.15) is 19.8 Å². The quantitative estimate of drug-likeness (QED) is 0.619. The third-order valence-corrected chi connectivity index (χ3v) is 3.04. The van der Waals surface area contributed by atoms with Gasteiger partial charge in [0.05, 0.1) is 0 Å². The van der Waals surface area contributed by atoms with E-state index in [-0.39, 0.29) is 0 Å². The highest BCUT2D eigenvalue weighted by Crippen LogP contribution is 2.40. The number of hydrogen-bond donors (Lipinski definition) is 2. The highest BCUT2D eigenvalue weighted by molar-refractivity contribution is 4.90. The Balaban J connectivity index is 1.54. The van der Waals surface area contributed by atoms with Crippen LogP contribution in [0.4, 0.5) is 0 Å². The topological polar surface area (TPSA) is 24.1 Å². The first-order chi connectivity index (χ1) is 5.40. The Hall–Kier alpha value is -0.0800. The van der Waals surface area contributed by atoms with Gasteiger partial charge in [0.25, 0.3) is 0 Å². The lowest BCUT2D eigenvalue weighted by Crippen LogP contribution is -2.55. The van der Waals surface area contributed by atoms with Crippen molar-refractivity contribution in [3.8, 4) is 0 Å². The van der Waals surface area contributed by atoms with Crippen molar-refractivity contribution in [2.75, 3.05) is 19.6 Å². The van der Waals surface area contributed by atoms with Gasteiger partial charge in [0, 0.05) is 19.1 Å². The van der Waals surface area contributed by atoms with Crippen LogP contribution >= 0.6 is 0 Å². The molecule has 11 heavy (non-hydrogen) atoms. The standard InChI is InChI=1S/C9H18N2/c1-2-7-3-8(7)4-11-9-5-10-6-9/h7-11H,2-6H2,1H3/t7-,8+/m1/s1. The number of rotatable bonds is 4. The fourth-order valence-corrected chi connectivity index (χ4v) is 1.81. The van der Waals surface area contributed by atoms with E-state index < -0.39 is 0 Å². The summed E-state index contributed by atoms with van der Waals surface area (Å²) in [5, 5.41) is 6.85. The Labute approximate surface area is 68.7 Å². The van der Waals surface area contributed by atoms with Gasteiger partial charge in [0.2, 0.25) is 0 Å². The molecule has 1 saturated heterocycles. The van der Waals surface area contributed by atoms with Gasteiger partial charge in [-0.1, -0.05) is 13.3 Å². The Morgan fingerprint density at radius 1 is 1.36 bits per heavy atom. The molecule has 1 heterocycles. The Morgan fingerprint density at radius 3 is 2.64 bits per heavy atom. The molecule has 2 fully saturated rings. The molecule has 2 N–H and O–H groups in total. The van der Waals surface area contributed by atoms with Gasteiger partial charge in [-0.25, -0.2) is 0 Å². The van der Waals surface area contributed by atoms with Crippen molar-refractivity contribution in [1.29, 1.82) is 0 Å². The largest absolute Gasteiger partial charge is 0.314 e. The zero-order chi connectivity index (χ0) is 7.68. The zero-order valence-corrected chi connectivity index (χ0v) is 7.27. The normalized spacial score (nSPS) is 36.8. The summed E-state index contributed by atoms with van der Waals surface area (Å²) in [6.07, 6.45) is 2.86. The molecule has 2 nitrogen and oxygen atoms in total. The van der Waals surface area contributed by atoms with Crippen molar-refractivity contribution < 1.29 is 0 Å². The lowest BCUT2D eigenvalue weighted by atomic mass is 10.1. The van der Waals surface area contributed by atoms with Crippen LogP contribution in [0.5, 0.6) is 0 Å². The van der Waals surface area contributed by atoms with Crippen LogP contribution < -0.4 is 10.6 Å². The van der Waals surface area contributed by atoms with Gasteiger partial charge in [0.1, 0.15) is 0 Å². The summed E-state index contributed by atoms with van der Waals surface area (Å²) < 4.78 is 0. The maximum Gasteiger partial charge on any atom is 0.0317 e. The van der Waals surface area contributed by atoms with Crippen LogP contribution in [0.2, 0.25) is 0 Å². The summed E-state index contributed by atoms with van der Waals surface area (Å²) in [4.78, 5) is 0. The Morgan fingerprint density at radius 2 is 2.18 bits per heavy atom. The molecule has 0 amide bonds. The van der Waals surface area contributed by atoms with Crippen LogP contribution in [-0.2, 0) is 0 Å². The van der Waals surface area contributed by atoms with E-state index in [0.29, 0.717) is 0 Å². The average Bonchev–Trinajstić information content (AvgIpc) is 2.64. The molecule has 64 valence electrons. The summed E-state index contributed by atoms with van der Waals surface area (Å²) in [6.45, 7) is 5.94. The summed E-state index contributed by atoms with van der Waals surface area (Å²) >= 11 is 0. The molecule has 1 aliphatic carbocycles. The van der Waals surface area contributed by atoms with Gasteiger partial charge in [-0.05, 0) is 24.8 Å². The molecular formula is C9H18N2. The van der Waals surface area contributed by atoms with E-state index >= 15 is 0 Å². The highest BCUT2D eigenvalue weighted by Gasteiger charge is 2.35. The average molecular weight is 154 g/mol. The van der Waals surface area contributed by atoms with Gasteiger partial charge in [-0.15, -0.1) is 0 Å². The van der Waals surface area contributed by atoms with Crippen LogP contribution in [0.25, 0.3) is 0 Å². The van der Waals surface area contributed by atoms with Crippen molar-refractivity contribution >= 4 is 0 Å². The molecule has 0 aromatic heterocycles. The third kappa shape index (κ3) is 1.74. The van der Waals surface area contributed by atoms with Crippen LogP contribution in [-0.4, -0.2) is 25.7 Å². The molecule has 0 aromatic rings. The van der Waals surface area contributed by atoms with Crippen molar-refractivity contribution in [3.05, 3.63) is 0 Å². The SMILES string of the molecule is CC[C@@H]1C[C@H]1CNC1CNC1. The first-order valence-electron chi connectivity index (χ1n) is 4.84. The lowest BCUT2D eigenvalue weighted by molar-refractivity contribution is 0.358. The first kappa shape index (κ1) is 7.56. The molecule has 2 heteroatoms. The van der Waals surface area contributed by atoms with Crippen LogP contribution in [0.3, 0.4) is 0 Å². The zero-order valence-electron chi connectivity index (χ0n) is 7.27. The predicted molar refractivity (Wildman–Crippen MR) is 46.5 cm³/mol. The molecule has 2 aliphatic rings. The second-order valence-corrected chi connectivity index (χ2v) is 3.93. The maximum absolute atomic E-state index is 3.58. The van der Waals surface area contributed by atoms with Gasteiger partial charge in [0.15, 0.2) is 0 Å². The molecule has 0 unspecified atom stereocenters. The monoisotopic (exact) mass is 154 g/mol. The maximum atomic E-state index is 3.58. The van der Waals surface area contributed by atoms with Crippen molar-refractivity contribution in [1.82, 2.24) is 10.6 Å². The summed E-state index contributed by atoms with van der Waals surface area (Å²) in [6, 6.07) is 0.785. The molecule has 2 rings (SSSR count). The molecule has 2 atom stereocenters. The lowest BCUT2D eigenvalue weighted by Gasteiger charge is -2.28.